The van der Waals surface area contributed by atoms with Crippen molar-refractivity contribution in [2.75, 3.05) is 33.5 Å². The fourth-order valence-electron chi connectivity index (χ4n) is 2.05. The van der Waals surface area contributed by atoms with E-state index < -0.39 is 19.0 Å². The average Bonchev–Trinajstić information content (AvgIpc) is 2.38. The Balaban J connectivity index is 2.24. The van der Waals surface area contributed by atoms with Crippen molar-refractivity contribution in [1.29, 1.82) is 0 Å². The molecule has 1 saturated heterocycles. The number of ether oxygens (including phenoxy) is 2. The topological polar surface area (TPSA) is 30.5 Å². The summed E-state index contributed by atoms with van der Waals surface area (Å²) in [5.41, 5.74) is 0. The van der Waals surface area contributed by atoms with Gasteiger partial charge in [-0.25, -0.2) is 8.78 Å². The Labute approximate surface area is 110 Å². The van der Waals surface area contributed by atoms with Crippen LogP contribution in [0.25, 0.3) is 0 Å². The van der Waals surface area contributed by atoms with Crippen molar-refractivity contribution in [2.24, 2.45) is 5.92 Å². The highest BCUT2D eigenvalue weighted by Crippen LogP contribution is 2.24. The predicted octanol–water partition coefficient (Wildman–Crippen LogP) is 2.31. The molecule has 0 aromatic carbocycles. The molecule has 0 aromatic heterocycles. The molecule has 1 aliphatic rings. The van der Waals surface area contributed by atoms with Gasteiger partial charge in [0.2, 0.25) is 0 Å². The van der Waals surface area contributed by atoms with Gasteiger partial charge >= 0.3 is 12.3 Å². The van der Waals surface area contributed by atoms with E-state index in [-0.39, 0.29) is 12.6 Å². The van der Waals surface area contributed by atoms with Crippen molar-refractivity contribution in [3.63, 3.8) is 0 Å². The van der Waals surface area contributed by atoms with Crippen LogP contribution in [0.2, 0.25) is 0 Å². The maximum absolute atomic E-state index is 12.6. The second-order valence-corrected chi connectivity index (χ2v) is 4.85. The lowest BCUT2D eigenvalue weighted by atomic mass is 9.93. The number of rotatable bonds is 8. The standard InChI is InChI=1S/C12H21F4NO2/c1-17-10(6-9-2-4-18-5-3-9)7-19-8-12(15,16)11(13)14/h9-11,17H,2-8H2,1H3. The van der Waals surface area contributed by atoms with E-state index in [9.17, 15) is 17.6 Å². The zero-order valence-corrected chi connectivity index (χ0v) is 11.0. The minimum Gasteiger partial charge on any atom is -0.381 e. The van der Waals surface area contributed by atoms with Gasteiger partial charge in [0.05, 0.1) is 6.61 Å². The van der Waals surface area contributed by atoms with E-state index >= 15 is 0 Å². The average molecular weight is 287 g/mol. The lowest BCUT2D eigenvalue weighted by molar-refractivity contribution is -0.167. The molecular weight excluding hydrogens is 266 g/mol. The third-order valence-electron chi connectivity index (χ3n) is 3.30. The number of hydrogen-bond acceptors (Lipinski definition) is 3. The SMILES string of the molecule is CNC(COCC(F)(F)C(F)F)CC1CCOCC1. The van der Waals surface area contributed by atoms with Crippen molar-refractivity contribution in [3.8, 4) is 0 Å². The molecule has 19 heavy (non-hydrogen) atoms. The third kappa shape index (κ3) is 6.05. The smallest absolute Gasteiger partial charge is 0.330 e. The minimum atomic E-state index is -4.07. The van der Waals surface area contributed by atoms with Crippen LogP contribution in [0.3, 0.4) is 0 Å². The molecule has 0 aromatic rings. The Morgan fingerprint density at radius 2 is 1.95 bits per heavy atom. The maximum atomic E-state index is 12.6. The summed E-state index contributed by atoms with van der Waals surface area (Å²) in [4.78, 5) is 0. The number of likely N-dealkylation sites (N-methyl/N-ethyl adjacent to an activating group) is 1. The summed E-state index contributed by atoms with van der Waals surface area (Å²) in [6.07, 6.45) is -1.03. The molecule has 0 aliphatic carbocycles. The second-order valence-electron chi connectivity index (χ2n) is 4.85. The van der Waals surface area contributed by atoms with Crippen LogP contribution in [-0.2, 0) is 9.47 Å². The summed E-state index contributed by atoms with van der Waals surface area (Å²) in [5, 5.41) is 2.97. The molecule has 1 N–H and O–H groups in total. The van der Waals surface area contributed by atoms with Crippen LogP contribution >= 0.6 is 0 Å². The van der Waals surface area contributed by atoms with Crippen LogP contribution < -0.4 is 5.32 Å². The highest BCUT2D eigenvalue weighted by Gasteiger charge is 2.41. The van der Waals surface area contributed by atoms with Crippen molar-refractivity contribution in [3.05, 3.63) is 0 Å². The van der Waals surface area contributed by atoms with Crippen molar-refractivity contribution in [2.45, 2.75) is 37.7 Å². The Hall–Kier alpha value is -0.400. The molecule has 1 unspecified atom stereocenters. The monoisotopic (exact) mass is 287 g/mol. The molecule has 1 heterocycles. The maximum Gasteiger partial charge on any atom is 0.330 e. The molecule has 0 spiro atoms. The lowest BCUT2D eigenvalue weighted by Crippen LogP contribution is -2.38. The Kier molecular flexibility index (Phi) is 7.02. The Morgan fingerprint density at radius 3 is 2.47 bits per heavy atom. The summed E-state index contributed by atoms with van der Waals surface area (Å²) in [6, 6.07) is -0.100. The fourth-order valence-corrected chi connectivity index (χ4v) is 2.05. The van der Waals surface area contributed by atoms with Crippen LogP contribution in [0.1, 0.15) is 19.3 Å². The highest BCUT2D eigenvalue weighted by molar-refractivity contribution is 4.74. The first-order chi connectivity index (χ1) is 8.95. The molecule has 1 fully saturated rings. The van der Waals surface area contributed by atoms with Crippen molar-refractivity contribution in [1.82, 2.24) is 5.32 Å². The first-order valence-electron chi connectivity index (χ1n) is 6.44. The molecule has 0 radical (unpaired) electrons. The molecule has 114 valence electrons. The van der Waals surface area contributed by atoms with Gasteiger partial charge < -0.3 is 14.8 Å². The van der Waals surface area contributed by atoms with Gasteiger partial charge in [-0.1, -0.05) is 0 Å². The van der Waals surface area contributed by atoms with E-state index in [1.807, 2.05) is 0 Å². The van der Waals surface area contributed by atoms with Gasteiger partial charge in [0.1, 0.15) is 6.61 Å². The molecule has 0 amide bonds. The van der Waals surface area contributed by atoms with E-state index in [1.54, 1.807) is 7.05 Å². The van der Waals surface area contributed by atoms with Crippen molar-refractivity contribution < 1.29 is 27.0 Å². The zero-order chi connectivity index (χ0) is 14.3. The van der Waals surface area contributed by atoms with Crippen LogP contribution in [-0.4, -0.2) is 51.9 Å². The molecule has 3 nitrogen and oxygen atoms in total. The van der Waals surface area contributed by atoms with E-state index in [0.29, 0.717) is 19.1 Å². The van der Waals surface area contributed by atoms with Crippen LogP contribution in [0.15, 0.2) is 0 Å². The number of hydrogen-bond donors (Lipinski definition) is 1. The molecule has 0 saturated carbocycles. The predicted molar refractivity (Wildman–Crippen MR) is 62.8 cm³/mol. The van der Waals surface area contributed by atoms with Crippen molar-refractivity contribution >= 4 is 0 Å². The van der Waals surface area contributed by atoms with Gasteiger partial charge in [0, 0.05) is 19.3 Å². The quantitative estimate of drug-likeness (QED) is 0.695. The third-order valence-corrected chi connectivity index (χ3v) is 3.30. The van der Waals surface area contributed by atoms with Gasteiger partial charge in [0.15, 0.2) is 0 Å². The van der Waals surface area contributed by atoms with E-state index in [2.05, 4.69) is 5.32 Å². The van der Waals surface area contributed by atoms with Gasteiger partial charge in [0.25, 0.3) is 0 Å². The van der Waals surface area contributed by atoms with E-state index in [1.165, 1.54) is 0 Å². The number of halogens is 4. The number of nitrogens with one attached hydrogen (secondary N) is 1. The van der Waals surface area contributed by atoms with Crippen LogP contribution in [0, 0.1) is 5.92 Å². The largest absolute Gasteiger partial charge is 0.381 e. The molecule has 1 rings (SSSR count). The summed E-state index contributed by atoms with van der Waals surface area (Å²) in [7, 11) is 1.71. The van der Waals surface area contributed by atoms with Gasteiger partial charge in [-0.15, -0.1) is 0 Å². The first-order valence-corrected chi connectivity index (χ1v) is 6.44. The summed E-state index contributed by atoms with van der Waals surface area (Å²) >= 11 is 0. The Morgan fingerprint density at radius 1 is 1.32 bits per heavy atom. The second kappa shape index (κ2) is 8.01. The molecule has 0 bridgehead atoms. The molecule has 1 aliphatic heterocycles. The van der Waals surface area contributed by atoms with Crippen LogP contribution in [0.4, 0.5) is 17.6 Å². The van der Waals surface area contributed by atoms with Crippen LogP contribution in [0.5, 0.6) is 0 Å². The lowest BCUT2D eigenvalue weighted by Gasteiger charge is -2.26. The molecule has 7 heteroatoms. The fraction of sp³-hybridized carbons (Fsp3) is 1.00. The molecular formula is C12H21F4NO2. The highest BCUT2D eigenvalue weighted by atomic mass is 19.3. The first kappa shape index (κ1) is 16.7. The number of alkyl halides is 4. The van der Waals surface area contributed by atoms with Gasteiger partial charge in [-0.3, -0.25) is 0 Å². The normalized spacial score (nSPS) is 19.9. The minimum absolute atomic E-state index is 0.0101. The van der Waals surface area contributed by atoms with Gasteiger partial charge in [-0.05, 0) is 32.2 Å². The summed E-state index contributed by atoms with van der Waals surface area (Å²) in [6.45, 7) is 0.198. The Bertz CT molecular complexity index is 248. The zero-order valence-electron chi connectivity index (χ0n) is 11.0. The van der Waals surface area contributed by atoms with E-state index in [0.717, 1.165) is 19.3 Å². The summed E-state index contributed by atoms with van der Waals surface area (Å²) < 4.78 is 59.1. The van der Waals surface area contributed by atoms with E-state index in [4.69, 9.17) is 9.47 Å². The van der Waals surface area contributed by atoms with Gasteiger partial charge in [-0.2, -0.15) is 8.78 Å². The summed E-state index contributed by atoms with van der Waals surface area (Å²) in [5.74, 6) is -3.61. The molecule has 1 atom stereocenters.